The first-order valence-electron chi connectivity index (χ1n) is 15.1. The number of hydrogen-bond donors (Lipinski definition) is 0. The van der Waals surface area contributed by atoms with Crippen LogP contribution in [0.1, 0.15) is 113 Å². The van der Waals surface area contributed by atoms with E-state index in [1.165, 1.54) is 64.0 Å². The van der Waals surface area contributed by atoms with Crippen molar-refractivity contribution in [1.82, 2.24) is 0 Å². The van der Waals surface area contributed by atoms with Gasteiger partial charge in [0.2, 0.25) is 0 Å². The van der Waals surface area contributed by atoms with Crippen LogP contribution >= 0.6 is 0 Å². The van der Waals surface area contributed by atoms with E-state index in [0.29, 0.717) is 41.1 Å². The zero-order chi connectivity index (χ0) is 25.8. The lowest BCUT2D eigenvalue weighted by molar-refractivity contribution is -0.127. The van der Waals surface area contributed by atoms with Crippen LogP contribution in [0.2, 0.25) is 0 Å². The lowest BCUT2D eigenvalue weighted by Gasteiger charge is -2.62. The molecule has 11 atom stereocenters. The van der Waals surface area contributed by atoms with Crippen LogP contribution in [0.5, 0.6) is 0 Å². The fraction of sp³-hybridized carbons (Fsp3) is 1.00. The van der Waals surface area contributed by atoms with E-state index >= 15 is 0 Å². The van der Waals surface area contributed by atoms with Gasteiger partial charge in [-0.1, -0.05) is 61.3 Å². The van der Waals surface area contributed by atoms with Crippen LogP contribution in [0.3, 0.4) is 0 Å². The van der Waals surface area contributed by atoms with Crippen LogP contribution in [0.25, 0.3) is 0 Å². The smallest absolute Gasteiger partial charge is 0.264 e. The van der Waals surface area contributed by atoms with Crippen molar-refractivity contribution in [3.8, 4) is 0 Å². The predicted molar refractivity (Wildman–Crippen MR) is 146 cm³/mol. The molecule has 4 fully saturated rings. The normalized spacial score (nSPS) is 44.3. The van der Waals surface area contributed by atoms with E-state index in [-0.39, 0.29) is 0 Å². The molecule has 0 heterocycles. The highest BCUT2D eigenvalue weighted by Crippen LogP contribution is 2.69. The van der Waals surface area contributed by atoms with E-state index in [9.17, 15) is 8.42 Å². The van der Waals surface area contributed by atoms with Crippen LogP contribution in [-0.2, 0) is 14.3 Å². The minimum atomic E-state index is -3.40. The molecule has 0 spiro atoms. The molecular weight excluding hydrogens is 452 g/mol. The van der Waals surface area contributed by atoms with E-state index < -0.39 is 10.1 Å². The summed E-state index contributed by atoms with van der Waals surface area (Å²) < 4.78 is 28.9. The molecule has 204 valence electrons. The summed E-state index contributed by atoms with van der Waals surface area (Å²) >= 11 is 0. The van der Waals surface area contributed by atoms with E-state index in [2.05, 4.69) is 48.5 Å². The summed E-state index contributed by atoms with van der Waals surface area (Å²) in [5.41, 5.74) is 1.06. The highest BCUT2D eigenvalue weighted by molar-refractivity contribution is 7.85. The van der Waals surface area contributed by atoms with Crippen molar-refractivity contribution >= 4 is 10.1 Å². The van der Waals surface area contributed by atoms with Crippen molar-refractivity contribution in [2.75, 3.05) is 12.9 Å². The maximum Gasteiger partial charge on any atom is 0.264 e. The summed E-state index contributed by atoms with van der Waals surface area (Å²) in [7, 11) is -3.40. The fourth-order valence-electron chi connectivity index (χ4n) is 10.6. The van der Waals surface area contributed by atoms with Gasteiger partial charge in [-0.05, 0) is 121 Å². The summed E-state index contributed by atoms with van der Waals surface area (Å²) in [6.45, 7) is 17.5. The summed E-state index contributed by atoms with van der Waals surface area (Å²) in [6, 6.07) is 0. The molecule has 0 aromatic rings. The first-order valence-corrected chi connectivity index (χ1v) is 16.9. The van der Waals surface area contributed by atoms with Crippen molar-refractivity contribution in [3.05, 3.63) is 0 Å². The lowest BCUT2D eigenvalue weighted by atomic mass is 9.43. The minimum absolute atomic E-state index is 0.303. The lowest BCUT2D eigenvalue weighted by Crippen LogP contribution is -2.54. The largest absolute Gasteiger partial charge is 0.270 e. The fourth-order valence-corrected chi connectivity index (χ4v) is 11.0. The first kappa shape index (κ1) is 27.9. The molecule has 0 amide bonds. The Balaban J connectivity index is 1.48. The predicted octanol–water partition coefficient (Wildman–Crippen LogP) is 8.19. The molecule has 0 N–H and O–H groups in total. The molecule has 3 nitrogen and oxygen atoms in total. The molecule has 4 rings (SSSR count). The van der Waals surface area contributed by atoms with Gasteiger partial charge >= 0.3 is 0 Å². The standard InChI is InChI=1S/C31H56O3S/c1-20(2)23(5)24(19-34-35(8,32)33)18-22(4)27-13-14-28-25-11-12-26-21(3)10-9-16-30(26,6)29(25)15-17-31(27,28)7/h20-29H,9-19H2,1-8H3/t21-,22-,23+,24+,25+,26+,27-,28+,29+,30+,31-/m1/s1. The molecular formula is C31H56O3S. The Morgan fingerprint density at radius 3 is 2.17 bits per heavy atom. The molecule has 0 saturated heterocycles. The molecule has 4 heteroatoms. The summed E-state index contributed by atoms with van der Waals surface area (Å²) in [6.07, 6.45) is 15.3. The minimum Gasteiger partial charge on any atom is -0.270 e. The Hall–Kier alpha value is -0.0900. The third-order valence-corrected chi connectivity index (χ3v) is 13.3. The zero-order valence-electron chi connectivity index (χ0n) is 24.2. The molecule has 4 saturated carbocycles. The molecule has 0 bridgehead atoms. The van der Waals surface area contributed by atoms with Crippen LogP contribution in [0.4, 0.5) is 0 Å². The van der Waals surface area contributed by atoms with Crippen LogP contribution < -0.4 is 0 Å². The third kappa shape index (κ3) is 5.27. The number of rotatable bonds is 8. The maximum atomic E-state index is 11.8. The third-order valence-electron chi connectivity index (χ3n) is 12.7. The molecule has 0 radical (unpaired) electrons. The average Bonchev–Trinajstić information content (AvgIpc) is 3.12. The zero-order valence-corrected chi connectivity index (χ0v) is 25.0. The Labute approximate surface area is 218 Å². The number of hydrogen-bond acceptors (Lipinski definition) is 3. The topological polar surface area (TPSA) is 43.4 Å². The van der Waals surface area contributed by atoms with Crippen molar-refractivity contribution in [1.29, 1.82) is 0 Å². The second kappa shape index (κ2) is 10.2. The second-order valence-electron chi connectivity index (χ2n) is 14.7. The van der Waals surface area contributed by atoms with Gasteiger partial charge in [0.05, 0.1) is 12.9 Å². The average molecular weight is 509 g/mol. The van der Waals surface area contributed by atoms with Gasteiger partial charge in [-0.15, -0.1) is 0 Å². The van der Waals surface area contributed by atoms with Gasteiger partial charge in [-0.3, -0.25) is 4.18 Å². The van der Waals surface area contributed by atoms with Gasteiger partial charge in [0.15, 0.2) is 0 Å². The second-order valence-corrected chi connectivity index (χ2v) is 16.4. The van der Waals surface area contributed by atoms with E-state index in [1.807, 2.05) is 0 Å². The maximum absolute atomic E-state index is 11.8. The van der Waals surface area contributed by atoms with E-state index in [0.717, 1.165) is 41.9 Å². The van der Waals surface area contributed by atoms with E-state index in [1.54, 1.807) is 0 Å². The van der Waals surface area contributed by atoms with Gasteiger partial charge in [0, 0.05) is 0 Å². The molecule has 4 aliphatic rings. The Morgan fingerprint density at radius 1 is 0.857 bits per heavy atom. The quantitative estimate of drug-likeness (QED) is 0.310. The van der Waals surface area contributed by atoms with E-state index in [4.69, 9.17) is 4.18 Å². The van der Waals surface area contributed by atoms with Crippen LogP contribution in [0.15, 0.2) is 0 Å². The SMILES string of the molecule is CC(C)[C@H](C)[C@H](COS(C)(=O)=O)C[C@@H](C)[C@H]1CC[C@H]2[C@@H]3CC[C@H]4[C@H](C)CCC[C@]4(C)[C@H]3CC[C@]12C. The molecule has 35 heavy (non-hydrogen) atoms. The first-order chi connectivity index (χ1) is 16.3. The Kier molecular flexibility index (Phi) is 8.17. The molecule has 0 unspecified atom stereocenters. The van der Waals surface area contributed by atoms with Gasteiger partial charge < -0.3 is 0 Å². The van der Waals surface area contributed by atoms with Crippen molar-refractivity contribution in [2.24, 2.45) is 70.0 Å². The molecule has 4 aliphatic carbocycles. The van der Waals surface area contributed by atoms with Gasteiger partial charge in [-0.2, -0.15) is 8.42 Å². The Bertz CT molecular complexity index is 836. The molecule has 0 aromatic heterocycles. The Morgan fingerprint density at radius 2 is 1.51 bits per heavy atom. The van der Waals surface area contributed by atoms with Gasteiger partial charge in [-0.25, -0.2) is 0 Å². The van der Waals surface area contributed by atoms with Crippen molar-refractivity contribution in [3.63, 3.8) is 0 Å². The number of fused-ring (bicyclic) bond motifs is 5. The molecule has 0 aromatic carbocycles. The van der Waals surface area contributed by atoms with Crippen molar-refractivity contribution in [2.45, 2.75) is 113 Å². The molecule has 0 aliphatic heterocycles. The highest BCUT2D eigenvalue weighted by Gasteiger charge is 2.60. The van der Waals surface area contributed by atoms with Crippen molar-refractivity contribution < 1.29 is 12.6 Å². The summed E-state index contributed by atoms with van der Waals surface area (Å²) in [5.74, 6) is 7.37. The monoisotopic (exact) mass is 508 g/mol. The van der Waals surface area contributed by atoms with Gasteiger partial charge in [0.1, 0.15) is 0 Å². The summed E-state index contributed by atoms with van der Waals surface area (Å²) in [5, 5.41) is 0. The highest BCUT2D eigenvalue weighted by atomic mass is 32.2. The van der Waals surface area contributed by atoms with Gasteiger partial charge in [0.25, 0.3) is 10.1 Å². The van der Waals surface area contributed by atoms with Crippen LogP contribution in [-0.4, -0.2) is 21.3 Å². The van der Waals surface area contributed by atoms with Crippen LogP contribution in [0, 0.1) is 70.0 Å². The summed E-state index contributed by atoms with van der Waals surface area (Å²) in [4.78, 5) is 0.